The molecule has 1 fully saturated rings. The number of hydrogen-bond donors (Lipinski definition) is 1. The van der Waals surface area contributed by atoms with Crippen LogP contribution in [0.15, 0.2) is 42.5 Å². The van der Waals surface area contributed by atoms with Gasteiger partial charge in [-0.2, -0.15) is 0 Å². The number of rotatable bonds is 2. The Labute approximate surface area is 149 Å². The zero-order valence-corrected chi connectivity index (χ0v) is 14.3. The average Bonchev–Trinajstić information content (AvgIpc) is 2.59. The van der Waals surface area contributed by atoms with Gasteiger partial charge in [0, 0.05) is 31.2 Å². The van der Waals surface area contributed by atoms with Crippen LogP contribution in [-0.4, -0.2) is 37.1 Å². The number of piperazine rings is 1. The first kappa shape index (κ1) is 16.9. The summed E-state index contributed by atoms with van der Waals surface area (Å²) in [4.78, 5) is 16.0. The second-order valence-corrected chi connectivity index (χ2v) is 6.32. The highest BCUT2D eigenvalue weighted by Gasteiger charge is 2.23. The molecule has 2 aromatic carbocycles. The molecule has 2 amide bonds. The maximum absolute atomic E-state index is 13.8. The van der Waals surface area contributed by atoms with E-state index in [1.807, 2.05) is 4.90 Å². The first-order valence-electron chi connectivity index (χ1n) is 7.55. The van der Waals surface area contributed by atoms with Crippen LogP contribution in [0.5, 0.6) is 0 Å². The van der Waals surface area contributed by atoms with E-state index in [-0.39, 0.29) is 11.8 Å². The molecule has 1 aliphatic heterocycles. The number of halogens is 3. The molecule has 0 bridgehead atoms. The molecular weight excluding hydrogens is 352 g/mol. The Morgan fingerprint density at radius 2 is 1.75 bits per heavy atom. The molecule has 126 valence electrons. The number of anilines is 2. The number of nitrogens with one attached hydrogen (secondary N) is 1. The van der Waals surface area contributed by atoms with Crippen LogP contribution in [0.2, 0.25) is 10.0 Å². The quantitative estimate of drug-likeness (QED) is 0.848. The van der Waals surface area contributed by atoms with Gasteiger partial charge in [0.25, 0.3) is 0 Å². The minimum absolute atomic E-state index is 0.243. The van der Waals surface area contributed by atoms with Crippen LogP contribution in [0.1, 0.15) is 0 Å². The SMILES string of the molecule is O=C(Nc1cc(Cl)ccc1Cl)N1CCN(c2ccccc2F)CC1. The highest BCUT2D eigenvalue weighted by Crippen LogP contribution is 2.26. The largest absolute Gasteiger partial charge is 0.366 e. The van der Waals surface area contributed by atoms with Crippen LogP contribution in [0, 0.1) is 5.82 Å². The van der Waals surface area contributed by atoms with Gasteiger partial charge in [0.15, 0.2) is 0 Å². The van der Waals surface area contributed by atoms with Crippen molar-refractivity contribution >= 4 is 40.6 Å². The Bertz CT molecular complexity index is 748. The number of para-hydroxylation sites is 1. The van der Waals surface area contributed by atoms with Crippen molar-refractivity contribution in [2.24, 2.45) is 0 Å². The molecule has 1 heterocycles. The van der Waals surface area contributed by atoms with Gasteiger partial charge in [-0.1, -0.05) is 35.3 Å². The lowest BCUT2D eigenvalue weighted by Gasteiger charge is -2.36. The second kappa shape index (κ2) is 7.28. The number of hydrogen-bond acceptors (Lipinski definition) is 2. The smallest absolute Gasteiger partial charge is 0.322 e. The van der Waals surface area contributed by atoms with Crippen LogP contribution in [0.25, 0.3) is 0 Å². The van der Waals surface area contributed by atoms with E-state index < -0.39 is 0 Å². The Morgan fingerprint density at radius 1 is 1.04 bits per heavy atom. The zero-order valence-electron chi connectivity index (χ0n) is 12.8. The summed E-state index contributed by atoms with van der Waals surface area (Å²) in [6.45, 7) is 2.13. The fourth-order valence-electron chi connectivity index (χ4n) is 2.65. The predicted octanol–water partition coefficient (Wildman–Crippen LogP) is 4.49. The minimum Gasteiger partial charge on any atom is -0.366 e. The normalized spacial score (nSPS) is 14.6. The van der Waals surface area contributed by atoms with Crippen LogP contribution < -0.4 is 10.2 Å². The molecule has 3 rings (SSSR count). The maximum atomic E-state index is 13.8. The number of benzene rings is 2. The molecule has 1 aliphatic rings. The van der Waals surface area contributed by atoms with Crippen LogP contribution in [-0.2, 0) is 0 Å². The van der Waals surface area contributed by atoms with E-state index in [4.69, 9.17) is 23.2 Å². The standard InChI is InChI=1S/C17H16Cl2FN3O/c18-12-5-6-13(19)15(11-12)21-17(24)23-9-7-22(8-10-23)16-4-2-1-3-14(16)20/h1-6,11H,7-10H2,(H,21,24). The van der Waals surface area contributed by atoms with E-state index in [0.29, 0.717) is 47.6 Å². The zero-order chi connectivity index (χ0) is 17.1. The summed E-state index contributed by atoms with van der Waals surface area (Å²) in [6.07, 6.45) is 0. The first-order chi connectivity index (χ1) is 11.5. The number of amides is 2. The molecule has 7 heteroatoms. The van der Waals surface area contributed by atoms with Gasteiger partial charge in [0.1, 0.15) is 5.82 Å². The third-order valence-corrected chi connectivity index (χ3v) is 4.49. The Balaban J connectivity index is 1.61. The van der Waals surface area contributed by atoms with Crippen molar-refractivity contribution in [3.63, 3.8) is 0 Å². The van der Waals surface area contributed by atoms with Crippen LogP contribution in [0.3, 0.4) is 0 Å². The highest BCUT2D eigenvalue weighted by molar-refractivity contribution is 6.35. The Kier molecular flexibility index (Phi) is 5.11. The fraction of sp³-hybridized carbons (Fsp3) is 0.235. The third kappa shape index (κ3) is 3.74. The molecule has 0 atom stereocenters. The van der Waals surface area contributed by atoms with Gasteiger partial charge in [-0.3, -0.25) is 0 Å². The molecule has 0 spiro atoms. The van der Waals surface area contributed by atoms with Crippen molar-refractivity contribution in [3.05, 3.63) is 58.3 Å². The van der Waals surface area contributed by atoms with Gasteiger partial charge < -0.3 is 15.1 Å². The predicted molar refractivity (Wildman–Crippen MR) is 95.7 cm³/mol. The Hall–Kier alpha value is -1.98. The molecule has 1 N–H and O–H groups in total. The number of carbonyl (C=O) groups excluding carboxylic acids is 1. The molecule has 0 aliphatic carbocycles. The summed E-state index contributed by atoms with van der Waals surface area (Å²) < 4.78 is 13.8. The lowest BCUT2D eigenvalue weighted by Crippen LogP contribution is -2.50. The van der Waals surface area contributed by atoms with E-state index >= 15 is 0 Å². The van der Waals surface area contributed by atoms with Crippen molar-refractivity contribution in [1.82, 2.24) is 4.90 Å². The van der Waals surface area contributed by atoms with Crippen LogP contribution >= 0.6 is 23.2 Å². The summed E-state index contributed by atoms with van der Waals surface area (Å²) in [7, 11) is 0. The topological polar surface area (TPSA) is 35.6 Å². The second-order valence-electron chi connectivity index (χ2n) is 5.48. The molecule has 0 radical (unpaired) electrons. The van der Waals surface area contributed by atoms with E-state index in [1.54, 1.807) is 41.3 Å². The first-order valence-corrected chi connectivity index (χ1v) is 8.30. The maximum Gasteiger partial charge on any atom is 0.322 e. The summed E-state index contributed by atoms with van der Waals surface area (Å²) in [5.74, 6) is -0.249. The van der Waals surface area contributed by atoms with Crippen LogP contribution in [0.4, 0.5) is 20.6 Å². The fourth-order valence-corrected chi connectivity index (χ4v) is 2.98. The summed E-state index contributed by atoms with van der Waals surface area (Å²) >= 11 is 12.0. The molecular formula is C17H16Cl2FN3O. The van der Waals surface area contributed by atoms with E-state index in [1.165, 1.54) is 6.07 Å². The van der Waals surface area contributed by atoms with Gasteiger partial charge in [0.2, 0.25) is 0 Å². The van der Waals surface area contributed by atoms with Crippen molar-refractivity contribution in [3.8, 4) is 0 Å². The summed E-state index contributed by atoms with van der Waals surface area (Å²) in [5, 5.41) is 3.69. The lowest BCUT2D eigenvalue weighted by atomic mass is 10.2. The molecule has 2 aromatic rings. The van der Waals surface area contributed by atoms with Crippen molar-refractivity contribution in [1.29, 1.82) is 0 Å². The highest BCUT2D eigenvalue weighted by atomic mass is 35.5. The Morgan fingerprint density at radius 3 is 2.46 bits per heavy atom. The molecule has 0 aromatic heterocycles. The van der Waals surface area contributed by atoms with E-state index in [9.17, 15) is 9.18 Å². The molecule has 0 unspecified atom stereocenters. The summed E-state index contributed by atoms with van der Waals surface area (Å²) in [6, 6.07) is 11.3. The van der Waals surface area contributed by atoms with Crippen molar-refractivity contribution in [2.75, 3.05) is 36.4 Å². The van der Waals surface area contributed by atoms with Gasteiger partial charge in [0.05, 0.1) is 16.4 Å². The van der Waals surface area contributed by atoms with Gasteiger partial charge in [-0.05, 0) is 30.3 Å². The molecule has 1 saturated heterocycles. The molecule has 0 saturated carbocycles. The molecule has 4 nitrogen and oxygen atoms in total. The third-order valence-electron chi connectivity index (χ3n) is 3.93. The minimum atomic E-state index is -0.249. The molecule has 24 heavy (non-hydrogen) atoms. The lowest BCUT2D eigenvalue weighted by molar-refractivity contribution is 0.208. The van der Waals surface area contributed by atoms with E-state index in [0.717, 1.165) is 0 Å². The van der Waals surface area contributed by atoms with Gasteiger partial charge >= 0.3 is 6.03 Å². The van der Waals surface area contributed by atoms with Crippen molar-refractivity contribution < 1.29 is 9.18 Å². The average molecular weight is 368 g/mol. The van der Waals surface area contributed by atoms with Gasteiger partial charge in [-0.25, -0.2) is 9.18 Å². The number of carbonyl (C=O) groups is 1. The van der Waals surface area contributed by atoms with Crippen molar-refractivity contribution in [2.45, 2.75) is 0 Å². The monoisotopic (exact) mass is 367 g/mol. The number of nitrogens with zero attached hydrogens (tertiary/aromatic N) is 2. The number of urea groups is 1. The van der Waals surface area contributed by atoms with E-state index in [2.05, 4.69) is 5.32 Å². The summed E-state index contributed by atoms with van der Waals surface area (Å²) in [5.41, 5.74) is 1.04. The van der Waals surface area contributed by atoms with Gasteiger partial charge in [-0.15, -0.1) is 0 Å².